The standard InChI is InChI=1S/C16H14N4O3S/c1-2-13-19-20-16(24-13)18-14(21)10-6-3-4-7-11(10)17-15(22)12-8-5-9-23-12/h3-9H,2H2,1H3,(H,17,22)(H,18,20,21). The first-order chi connectivity index (χ1) is 11.7. The second-order valence-corrected chi connectivity index (χ2v) is 5.85. The predicted molar refractivity (Wildman–Crippen MR) is 90.3 cm³/mol. The Bertz CT molecular complexity index is 858. The van der Waals surface area contributed by atoms with Crippen LogP contribution >= 0.6 is 11.3 Å². The van der Waals surface area contributed by atoms with Crippen molar-refractivity contribution in [2.45, 2.75) is 13.3 Å². The summed E-state index contributed by atoms with van der Waals surface area (Å²) in [6.45, 7) is 1.96. The molecule has 7 nitrogen and oxygen atoms in total. The van der Waals surface area contributed by atoms with Crippen molar-refractivity contribution in [3.05, 3.63) is 59.0 Å². The van der Waals surface area contributed by atoms with Crippen LogP contribution in [0.5, 0.6) is 0 Å². The Balaban J connectivity index is 1.78. The highest BCUT2D eigenvalue weighted by Gasteiger charge is 2.16. The lowest BCUT2D eigenvalue weighted by Crippen LogP contribution is -2.17. The Morgan fingerprint density at radius 3 is 2.62 bits per heavy atom. The van der Waals surface area contributed by atoms with Crippen LogP contribution in [0.4, 0.5) is 10.8 Å². The molecule has 0 saturated carbocycles. The molecule has 24 heavy (non-hydrogen) atoms. The minimum Gasteiger partial charge on any atom is -0.459 e. The van der Waals surface area contributed by atoms with Gasteiger partial charge in [-0.15, -0.1) is 10.2 Å². The van der Waals surface area contributed by atoms with Crippen LogP contribution in [-0.4, -0.2) is 22.0 Å². The highest BCUT2D eigenvalue weighted by molar-refractivity contribution is 7.15. The van der Waals surface area contributed by atoms with Crippen molar-refractivity contribution < 1.29 is 14.0 Å². The van der Waals surface area contributed by atoms with E-state index in [1.165, 1.54) is 17.6 Å². The summed E-state index contributed by atoms with van der Waals surface area (Å²) in [7, 11) is 0. The number of aromatic nitrogens is 2. The molecule has 2 aromatic heterocycles. The summed E-state index contributed by atoms with van der Waals surface area (Å²) in [5, 5.41) is 14.5. The third kappa shape index (κ3) is 3.49. The molecule has 0 bridgehead atoms. The molecule has 0 saturated heterocycles. The van der Waals surface area contributed by atoms with Crippen molar-refractivity contribution in [2.24, 2.45) is 0 Å². The highest BCUT2D eigenvalue weighted by atomic mass is 32.1. The summed E-state index contributed by atoms with van der Waals surface area (Å²) in [5.41, 5.74) is 0.710. The molecule has 122 valence electrons. The zero-order chi connectivity index (χ0) is 16.9. The van der Waals surface area contributed by atoms with Gasteiger partial charge in [0.1, 0.15) is 5.01 Å². The third-order valence-electron chi connectivity index (χ3n) is 3.15. The van der Waals surface area contributed by atoms with Gasteiger partial charge >= 0.3 is 0 Å². The minimum absolute atomic E-state index is 0.168. The van der Waals surface area contributed by atoms with Gasteiger partial charge in [0.2, 0.25) is 5.13 Å². The fraction of sp³-hybridized carbons (Fsp3) is 0.125. The normalized spacial score (nSPS) is 10.4. The summed E-state index contributed by atoms with van der Waals surface area (Å²) in [5.74, 6) is -0.629. The first-order valence-electron chi connectivity index (χ1n) is 7.25. The topological polar surface area (TPSA) is 97.1 Å². The van der Waals surface area contributed by atoms with E-state index in [0.717, 1.165) is 11.4 Å². The molecule has 2 heterocycles. The van der Waals surface area contributed by atoms with Crippen LogP contribution in [0.2, 0.25) is 0 Å². The number of nitrogens with one attached hydrogen (secondary N) is 2. The summed E-state index contributed by atoms with van der Waals surface area (Å²) >= 11 is 1.32. The number of amides is 2. The third-order valence-corrected chi connectivity index (χ3v) is 4.14. The van der Waals surface area contributed by atoms with Crippen molar-refractivity contribution in [2.75, 3.05) is 10.6 Å². The molecule has 8 heteroatoms. The van der Waals surface area contributed by atoms with Gasteiger partial charge in [0.05, 0.1) is 17.5 Å². The Morgan fingerprint density at radius 2 is 1.92 bits per heavy atom. The quantitative estimate of drug-likeness (QED) is 0.742. The van der Waals surface area contributed by atoms with Crippen molar-refractivity contribution in [3.8, 4) is 0 Å². The molecule has 3 aromatic rings. The van der Waals surface area contributed by atoms with Crippen LogP contribution in [0, 0.1) is 0 Å². The van der Waals surface area contributed by atoms with Gasteiger partial charge in [-0.25, -0.2) is 0 Å². The first kappa shape index (κ1) is 15.9. The number of carbonyl (C=O) groups is 2. The number of rotatable bonds is 5. The fourth-order valence-electron chi connectivity index (χ4n) is 1.99. The summed E-state index contributed by atoms with van der Waals surface area (Å²) in [6.07, 6.45) is 2.16. The van der Waals surface area contributed by atoms with Crippen LogP contribution in [-0.2, 0) is 6.42 Å². The summed E-state index contributed by atoms with van der Waals surface area (Å²) in [6, 6.07) is 9.88. The number of benzene rings is 1. The first-order valence-corrected chi connectivity index (χ1v) is 8.06. The lowest BCUT2D eigenvalue weighted by Gasteiger charge is -2.09. The molecule has 0 aliphatic heterocycles. The lowest BCUT2D eigenvalue weighted by atomic mass is 10.1. The van der Waals surface area contributed by atoms with Crippen LogP contribution < -0.4 is 10.6 Å². The van der Waals surface area contributed by atoms with E-state index in [4.69, 9.17) is 4.42 Å². The van der Waals surface area contributed by atoms with Crippen LogP contribution in [0.15, 0.2) is 47.1 Å². The zero-order valence-electron chi connectivity index (χ0n) is 12.8. The van der Waals surface area contributed by atoms with Gasteiger partial charge in [-0.05, 0) is 30.7 Å². The molecule has 2 N–H and O–H groups in total. The van der Waals surface area contributed by atoms with Crippen LogP contribution in [0.1, 0.15) is 32.8 Å². The molecule has 0 atom stereocenters. The van der Waals surface area contributed by atoms with E-state index >= 15 is 0 Å². The van der Waals surface area contributed by atoms with E-state index < -0.39 is 5.91 Å². The van der Waals surface area contributed by atoms with Gasteiger partial charge in [-0.3, -0.25) is 14.9 Å². The van der Waals surface area contributed by atoms with E-state index in [0.29, 0.717) is 16.4 Å². The van der Waals surface area contributed by atoms with Crippen LogP contribution in [0.3, 0.4) is 0 Å². The minimum atomic E-state index is -0.426. The SMILES string of the molecule is CCc1nnc(NC(=O)c2ccccc2NC(=O)c2ccco2)s1. The average molecular weight is 342 g/mol. The van der Waals surface area contributed by atoms with Gasteiger partial charge in [-0.2, -0.15) is 0 Å². The van der Waals surface area contributed by atoms with E-state index in [9.17, 15) is 9.59 Å². The average Bonchev–Trinajstić information content (AvgIpc) is 3.27. The molecule has 0 aliphatic rings. The number of nitrogens with zero attached hydrogens (tertiary/aromatic N) is 2. The number of furan rings is 1. The maximum absolute atomic E-state index is 12.5. The molecule has 2 amide bonds. The van der Waals surface area contributed by atoms with Gasteiger partial charge in [0.15, 0.2) is 5.76 Å². The predicted octanol–water partition coefficient (Wildman–Crippen LogP) is 3.20. The van der Waals surface area contributed by atoms with Crippen molar-refractivity contribution >= 4 is 34.0 Å². The molecule has 1 aromatic carbocycles. The van der Waals surface area contributed by atoms with E-state index in [1.807, 2.05) is 6.92 Å². The molecule has 0 radical (unpaired) electrons. The summed E-state index contributed by atoms with van der Waals surface area (Å²) < 4.78 is 5.05. The van der Waals surface area contributed by atoms with Crippen molar-refractivity contribution in [1.82, 2.24) is 10.2 Å². The molecule has 0 aliphatic carbocycles. The largest absolute Gasteiger partial charge is 0.459 e. The summed E-state index contributed by atoms with van der Waals surface area (Å²) in [4.78, 5) is 24.5. The Hall–Kier alpha value is -3.00. The van der Waals surface area contributed by atoms with Gasteiger partial charge < -0.3 is 9.73 Å². The smallest absolute Gasteiger partial charge is 0.291 e. The number of aryl methyl sites for hydroxylation is 1. The molecule has 0 unspecified atom stereocenters. The maximum Gasteiger partial charge on any atom is 0.291 e. The van der Waals surface area contributed by atoms with Gasteiger partial charge in [-0.1, -0.05) is 30.4 Å². The van der Waals surface area contributed by atoms with Crippen molar-refractivity contribution in [3.63, 3.8) is 0 Å². The van der Waals surface area contributed by atoms with E-state index in [-0.39, 0.29) is 11.7 Å². The Morgan fingerprint density at radius 1 is 1.08 bits per heavy atom. The second kappa shape index (κ2) is 7.05. The molecular formula is C16H14N4O3S. The Kier molecular flexibility index (Phi) is 4.66. The number of hydrogen-bond acceptors (Lipinski definition) is 6. The van der Waals surface area contributed by atoms with Crippen LogP contribution in [0.25, 0.3) is 0 Å². The number of para-hydroxylation sites is 1. The Labute approximate surface area is 141 Å². The van der Waals surface area contributed by atoms with Crippen molar-refractivity contribution in [1.29, 1.82) is 0 Å². The van der Waals surface area contributed by atoms with Gasteiger partial charge in [0.25, 0.3) is 11.8 Å². The zero-order valence-corrected chi connectivity index (χ0v) is 13.6. The molecule has 0 fully saturated rings. The monoisotopic (exact) mass is 342 g/mol. The molecule has 3 rings (SSSR count). The maximum atomic E-state index is 12.5. The molecular weight excluding hydrogens is 328 g/mol. The van der Waals surface area contributed by atoms with E-state index in [1.54, 1.807) is 36.4 Å². The second-order valence-electron chi connectivity index (χ2n) is 4.79. The van der Waals surface area contributed by atoms with E-state index in [2.05, 4.69) is 20.8 Å². The number of carbonyl (C=O) groups excluding carboxylic acids is 2. The van der Waals surface area contributed by atoms with Gasteiger partial charge in [0, 0.05) is 0 Å². The molecule has 0 spiro atoms. The lowest BCUT2D eigenvalue weighted by molar-refractivity contribution is 0.0996. The highest BCUT2D eigenvalue weighted by Crippen LogP contribution is 2.20. The number of anilines is 2. The fourth-order valence-corrected chi connectivity index (χ4v) is 2.67. The number of hydrogen-bond donors (Lipinski definition) is 2.